The van der Waals surface area contributed by atoms with Crippen LogP contribution in [0, 0.1) is 0 Å². The van der Waals surface area contributed by atoms with Crippen molar-refractivity contribution >= 4 is 5.91 Å². The minimum Gasteiger partial charge on any atom is -0.497 e. The van der Waals surface area contributed by atoms with Gasteiger partial charge in [-0.15, -0.1) is 0 Å². The van der Waals surface area contributed by atoms with Crippen LogP contribution in [0.1, 0.15) is 24.4 Å². The first-order chi connectivity index (χ1) is 13.7. The molecule has 4 rings (SSSR count). The normalized spacial score (nSPS) is 22.7. The summed E-state index contributed by atoms with van der Waals surface area (Å²) in [6, 6.07) is 10.0. The molecule has 0 bridgehead atoms. The van der Waals surface area contributed by atoms with E-state index in [-0.39, 0.29) is 24.2 Å². The lowest BCUT2D eigenvalue weighted by Gasteiger charge is -2.19. The Bertz CT molecular complexity index is 746. The van der Waals surface area contributed by atoms with Crippen LogP contribution < -0.4 is 4.74 Å². The number of carbonyl (C=O) groups excluding carboxylic acids is 1. The topological polar surface area (TPSA) is 65.8 Å². The number of hydrogen-bond acceptors (Lipinski definition) is 5. The molecule has 1 aromatic heterocycles. The predicted octanol–water partition coefficient (Wildman–Crippen LogP) is 2.08. The van der Waals surface area contributed by atoms with Gasteiger partial charge in [0, 0.05) is 31.9 Å². The Morgan fingerprint density at radius 3 is 2.50 bits per heavy atom. The number of likely N-dealkylation sites (tertiary alicyclic amines) is 1. The zero-order valence-corrected chi connectivity index (χ0v) is 16.2. The molecule has 150 valence electrons. The number of benzene rings is 1. The average Bonchev–Trinajstić information content (AvgIpc) is 3.36. The molecule has 2 saturated heterocycles. The molecule has 0 saturated carbocycles. The lowest BCUT2D eigenvalue weighted by atomic mass is 10.1. The number of amides is 1. The summed E-state index contributed by atoms with van der Waals surface area (Å²) in [5, 5.41) is 4.27. The molecule has 28 heavy (non-hydrogen) atoms. The number of aromatic nitrogens is 2. The third kappa shape index (κ3) is 4.36. The van der Waals surface area contributed by atoms with Gasteiger partial charge < -0.3 is 19.1 Å². The molecule has 2 fully saturated rings. The molecule has 1 amide bonds. The molecule has 7 nitrogen and oxygen atoms in total. The number of nitrogens with zero attached hydrogens (tertiary/aromatic N) is 3. The van der Waals surface area contributed by atoms with Crippen molar-refractivity contribution in [3.8, 4) is 5.75 Å². The van der Waals surface area contributed by atoms with E-state index in [0.29, 0.717) is 32.7 Å². The third-order valence-electron chi connectivity index (χ3n) is 5.49. The Balaban J connectivity index is 1.22. The van der Waals surface area contributed by atoms with Gasteiger partial charge >= 0.3 is 0 Å². The van der Waals surface area contributed by atoms with Crippen LogP contribution in [0.15, 0.2) is 42.7 Å². The first-order valence-corrected chi connectivity index (χ1v) is 9.86. The lowest BCUT2D eigenvalue weighted by molar-refractivity contribution is -0.131. The number of hydrogen-bond donors (Lipinski definition) is 0. The van der Waals surface area contributed by atoms with Gasteiger partial charge in [-0.2, -0.15) is 5.10 Å². The van der Waals surface area contributed by atoms with Crippen LogP contribution in [0.5, 0.6) is 5.75 Å². The minimum absolute atomic E-state index is 0.0499. The van der Waals surface area contributed by atoms with E-state index in [1.54, 1.807) is 13.3 Å². The lowest BCUT2D eigenvalue weighted by Crippen LogP contribution is -2.31. The fourth-order valence-electron chi connectivity index (χ4n) is 3.83. The first-order valence-electron chi connectivity index (χ1n) is 9.86. The fraction of sp³-hybridized carbons (Fsp3) is 0.524. The molecule has 2 aliphatic heterocycles. The summed E-state index contributed by atoms with van der Waals surface area (Å²) >= 11 is 0. The molecule has 2 atom stereocenters. The first kappa shape index (κ1) is 19.0. The predicted molar refractivity (Wildman–Crippen MR) is 103 cm³/mol. The molecule has 0 aliphatic carbocycles. The van der Waals surface area contributed by atoms with Crippen molar-refractivity contribution < 1.29 is 19.0 Å². The Kier molecular flexibility index (Phi) is 5.92. The Morgan fingerprint density at radius 2 is 1.89 bits per heavy atom. The van der Waals surface area contributed by atoms with Crippen LogP contribution in [0.4, 0.5) is 0 Å². The summed E-state index contributed by atoms with van der Waals surface area (Å²) < 4.78 is 19.1. The van der Waals surface area contributed by atoms with E-state index >= 15 is 0 Å². The van der Waals surface area contributed by atoms with Crippen molar-refractivity contribution in [1.29, 1.82) is 0 Å². The van der Waals surface area contributed by atoms with Crippen LogP contribution in [-0.4, -0.2) is 66.2 Å². The molecule has 0 radical (unpaired) electrons. The number of ether oxygens (including phenoxy) is 3. The Hall–Kier alpha value is -2.38. The van der Waals surface area contributed by atoms with E-state index < -0.39 is 0 Å². The second-order valence-electron chi connectivity index (χ2n) is 7.38. The maximum atomic E-state index is 12.6. The molecular formula is C21H27N3O4. The summed E-state index contributed by atoms with van der Waals surface area (Å²) in [6.45, 7) is 2.33. The van der Waals surface area contributed by atoms with E-state index in [4.69, 9.17) is 14.2 Å². The summed E-state index contributed by atoms with van der Waals surface area (Å²) in [6.07, 6.45) is 5.85. The van der Waals surface area contributed by atoms with Crippen molar-refractivity contribution in [2.75, 3.05) is 33.4 Å². The van der Waals surface area contributed by atoms with Gasteiger partial charge in [0.05, 0.1) is 26.4 Å². The van der Waals surface area contributed by atoms with Gasteiger partial charge in [-0.1, -0.05) is 12.1 Å². The number of fused-ring (bicyclic) bond motifs is 1. The van der Waals surface area contributed by atoms with E-state index in [0.717, 1.165) is 18.6 Å². The van der Waals surface area contributed by atoms with Gasteiger partial charge in [0.1, 0.15) is 18.0 Å². The largest absolute Gasteiger partial charge is 0.497 e. The molecule has 7 heteroatoms. The van der Waals surface area contributed by atoms with Crippen molar-refractivity contribution in [2.45, 2.75) is 37.5 Å². The van der Waals surface area contributed by atoms with Gasteiger partial charge in [0.2, 0.25) is 5.91 Å². The number of aryl methyl sites for hydroxylation is 1. The van der Waals surface area contributed by atoms with Gasteiger partial charge in [-0.3, -0.25) is 9.48 Å². The van der Waals surface area contributed by atoms with E-state index in [1.807, 2.05) is 34.0 Å². The van der Waals surface area contributed by atoms with Crippen molar-refractivity contribution in [1.82, 2.24) is 14.7 Å². The summed E-state index contributed by atoms with van der Waals surface area (Å²) in [7, 11) is 1.66. The smallest absolute Gasteiger partial charge is 0.222 e. The average molecular weight is 385 g/mol. The number of rotatable bonds is 6. The van der Waals surface area contributed by atoms with Gasteiger partial charge in [-0.05, 0) is 36.6 Å². The quantitative estimate of drug-likeness (QED) is 0.762. The van der Waals surface area contributed by atoms with Crippen LogP contribution in [0.3, 0.4) is 0 Å². The van der Waals surface area contributed by atoms with E-state index in [9.17, 15) is 4.79 Å². The highest BCUT2D eigenvalue weighted by atomic mass is 16.6. The van der Waals surface area contributed by atoms with Crippen LogP contribution >= 0.6 is 0 Å². The molecule has 1 aromatic carbocycles. The fourth-order valence-corrected chi connectivity index (χ4v) is 3.83. The van der Waals surface area contributed by atoms with Gasteiger partial charge in [0.15, 0.2) is 0 Å². The Morgan fingerprint density at radius 1 is 1.18 bits per heavy atom. The summed E-state index contributed by atoms with van der Waals surface area (Å²) in [5.41, 5.74) is 1.22. The highest BCUT2D eigenvalue weighted by Crippen LogP contribution is 2.24. The van der Waals surface area contributed by atoms with Gasteiger partial charge in [0.25, 0.3) is 0 Å². The van der Waals surface area contributed by atoms with Gasteiger partial charge in [-0.25, -0.2) is 0 Å². The van der Waals surface area contributed by atoms with Crippen molar-refractivity contribution in [2.24, 2.45) is 0 Å². The summed E-state index contributed by atoms with van der Waals surface area (Å²) in [5.74, 6) is 1.03. The zero-order chi connectivity index (χ0) is 19.3. The third-order valence-corrected chi connectivity index (χ3v) is 5.49. The Labute approximate surface area is 165 Å². The van der Waals surface area contributed by atoms with Crippen molar-refractivity contribution in [3.05, 3.63) is 48.3 Å². The SMILES string of the molecule is COc1ccc(CCCC(=O)N2C[C@@H]3OCC(n4cccn4)CO[C@H]3C2)cc1. The molecule has 3 heterocycles. The highest BCUT2D eigenvalue weighted by Gasteiger charge is 2.39. The maximum Gasteiger partial charge on any atom is 0.222 e. The maximum absolute atomic E-state index is 12.6. The molecular weight excluding hydrogens is 358 g/mol. The van der Waals surface area contributed by atoms with E-state index in [2.05, 4.69) is 17.2 Å². The van der Waals surface area contributed by atoms with Crippen LogP contribution in [-0.2, 0) is 20.7 Å². The van der Waals surface area contributed by atoms with Crippen LogP contribution in [0.25, 0.3) is 0 Å². The molecule has 0 N–H and O–H groups in total. The monoisotopic (exact) mass is 385 g/mol. The van der Waals surface area contributed by atoms with E-state index in [1.165, 1.54) is 5.56 Å². The highest BCUT2D eigenvalue weighted by molar-refractivity contribution is 5.76. The molecule has 0 unspecified atom stereocenters. The second-order valence-corrected chi connectivity index (χ2v) is 7.38. The minimum atomic E-state index is -0.0499. The summed E-state index contributed by atoms with van der Waals surface area (Å²) in [4.78, 5) is 14.5. The van der Waals surface area contributed by atoms with Crippen molar-refractivity contribution in [3.63, 3.8) is 0 Å². The zero-order valence-electron chi connectivity index (χ0n) is 16.2. The molecule has 2 aliphatic rings. The number of carbonyl (C=O) groups is 1. The molecule has 2 aromatic rings. The number of methoxy groups -OCH3 is 1. The van der Waals surface area contributed by atoms with Crippen LogP contribution in [0.2, 0.25) is 0 Å². The second kappa shape index (κ2) is 8.75. The molecule has 0 spiro atoms. The standard InChI is InChI=1S/C21H27N3O4/c1-26-18-8-6-16(7-9-18)4-2-5-21(25)23-12-19-20(13-23)28-15-17(14-27-19)24-11-3-10-22-24/h3,6-11,17,19-20H,2,4-5,12-15H2,1H3/t19-,20-/m0/s1.